The Bertz CT molecular complexity index is 269. The van der Waals surface area contributed by atoms with Crippen molar-refractivity contribution in [2.24, 2.45) is 0 Å². The van der Waals surface area contributed by atoms with Gasteiger partial charge in [-0.25, -0.2) is 5.10 Å². The Morgan fingerprint density at radius 2 is 2.55 bits per heavy atom. The van der Waals surface area contributed by atoms with Crippen LogP contribution in [0.3, 0.4) is 0 Å². The van der Waals surface area contributed by atoms with Gasteiger partial charge in [0, 0.05) is 18.2 Å². The van der Waals surface area contributed by atoms with Gasteiger partial charge in [-0.05, 0) is 6.92 Å². The number of ether oxygens (including phenoxy) is 1. The van der Waals surface area contributed by atoms with Crippen LogP contribution in [0.1, 0.15) is 12.5 Å². The van der Waals surface area contributed by atoms with Crippen LogP contribution in [0, 0.1) is 0 Å². The molecule has 60 valence electrons. The van der Waals surface area contributed by atoms with Crippen molar-refractivity contribution in [1.82, 2.24) is 10.2 Å². The zero-order valence-corrected chi connectivity index (χ0v) is 6.33. The van der Waals surface area contributed by atoms with Gasteiger partial charge in [-0.2, -0.15) is 5.10 Å². The van der Waals surface area contributed by atoms with Crippen LogP contribution in [-0.4, -0.2) is 16.8 Å². The van der Waals surface area contributed by atoms with E-state index >= 15 is 0 Å². The average Bonchev–Trinajstić information content (AvgIpc) is 2.01. The lowest BCUT2D eigenvalue weighted by Gasteiger charge is -1.97. The van der Waals surface area contributed by atoms with Gasteiger partial charge in [0.15, 0.2) is 0 Å². The van der Waals surface area contributed by atoms with E-state index in [4.69, 9.17) is 4.74 Å². The molecule has 0 aliphatic heterocycles. The standard InChI is InChI=1S/C7H10N2O2/c1-2-11-5-6-3-7(10)9-8-4-6/h3-4H,2,5H2,1H3,(H,9,10). The summed E-state index contributed by atoms with van der Waals surface area (Å²) in [5, 5.41) is 5.91. The number of nitrogens with zero attached hydrogens (tertiary/aromatic N) is 1. The van der Waals surface area contributed by atoms with Gasteiger partial charge in [0.2, 0.25) is 0 Å². The lowest BCUT2D eigenvalue weighted by atomic mass is 10.3. The SMILES string of the molecule is CCOCc1cn[nH]c(=O)c1. The van der Waals surface area contributed by atoms with Gasteiger partial charge >= 0.3 is 0 Å². The third-order valence-electron chi connectivity index (χ3n) is 1.19. The van der Waals surface area contributed by atoms with Crippen LogP contribution >= 0.6 is 0 Å². The minimum atomic E-state index is -0.192. The fourth-order valence-electron chi connectivity index (χ4n) is 0.716. The van der Waals surface area contributed by atoms with Crippen LogP contribution in [0.25, 0.3) is 0 Å². The third kappa shape index (κ3) is 2.51. The highest BCUT2D eigenvalue weighted by Gasteiger charge is 1.92. The Morgan fingerprint density at radius 3 is 3.18 bits per heavy atom. The summed E-state index contributed by atoms with van der Waals surface area (Å²) in [4.78, 5) is 10.7. The van der Waals surface area contributed by atoms with E-state index in [0.29, 0.717) is 13.2 Å². The molecule has 1 heterocycles. The maximum Gasteiger partial charge on any atom is 0.264 e. The quantitative estimate of drug-likeness (QED) is 0.681. The molecule has 0 saturated carbocycles. The van der Waals surface area contributed by atoms with E-state index in [1.165, 1.54) is 6.07 Å². The molecule has 0 aliphatic carbocycles. The summed E-state index contributed by atoms with van der Waals surface area (Å²) in [6.07, 6.45) is 1.58. The lowest BCUT2D eigenvalue weighted by Crippen LogP contribution is -2.07. The molecule has 0 saturated heterocycles. The predicted molar refractivity (Wildman–Crippen MR) is 40.2 cm³/mol. The number of hydrogen-bond donors (Lipinski definition) is 1. The van der Waals surface area contributed by atoms with Crippen molar-refractivity contribution < 1.29 is 4.74 Å². The first kappa shape index (κ1) is 7.94. The van der Waals surface area contributed by atoms with Gasteiger partial charge in [0.05, 0.1) is 12.8 Å². The first-order chi connectivity index (χ1) is 5.33. The van der Waals surface area contributed by atoms with Crippen molar-refractivity contribution in [2.45, 2.75) is 13.5 Å². The summed E-state index contributed by atoms with van der Waals surface area (Å²) >= 11 is 0. The van der Waals surface area contributed by atoms with Crippen molar-refractivity contribution >= 4 is 0 Å². The molecule has 0 radical (unpaired) electrons. The molecule has 4 nitrogen and oxygen atoms in total. The highest BCUT2D eigenvalue weighted by Crippen LogP contribution is 1.92. The summed E-state index contributed by atoms with van der Waals surface area (Å²) in [7, 11) is 0. The highest BCUT2D eigenvalue weighted by molar-refractivity contribution is 5.03. The summed E-state index contributed by atoms with van der Waals surface area (Å²) in [5.41, 5.74) is 0.609. The Labute approximate surface area is 64.2 Å². The van der Waals surface area contributed by atoms with Gasteiger partial charge in [-0.3, -0.25) is 4.79 Å². The first-order valence-corrected chi connectivity index (χ1v) is 3.44. The van der Waals surface area contributed by atoms with Crippen LogP contribution in [0.2, 0.25) is 0 Å². The predicted octanol–water partition coefficient (Wildman–Crippen LogP) is 0.306. The molecule has 0 aliphatic rings. The van der Waals surface area contributed by atoms with E-state index in [1.807, 2.05) is 6.92 Å². The molecule has 0 amide bonds. The first-order valence-electron chi connectivity index (χ1n) is 3.44. The maximum absolute atomic E-state index is 10.7. The average molecular weight is 154 g/mol. The number of aromatic nitrogens is 2. The Kier molecular flexibility index (Phi) is 2.80. The number of nitrogens with one attached hydrogen (secondary N) is 1. The molecule has 1 N–H and O–H groups in total. The van der Waals surface area contributed by atoms with Gasteiger partial charge in [-0.1, -0.05) is 0 Å². The highest BCUT2D eigenvalue weighted by atomic mass is 16.5. The Morgan fingerprint density at radius 1 is 1.73 bits per heavy atom. The van der Waals surface area contributed by atoms with Crippen LogP contribution in [0.4, 0.5) is 0 Å². The summed E-state index contributed by atoms with van der Waals surface area (Å²) < 4.78 is 5.08. The molecule has 0 aromatic carbocycles. The second-order valence-corrected chi connectivity index (χ2v) is 2.09. The van der Waals surface area contributed by atoms with Gasteiger partial charge < -0.3 is 4.74 Å². The fraction of sp³-hybridized carbons (Fsp3) is 0.429. The van der Waals surface area contributed by atoms with Gasteiger partial charge in [-0.15, -0.1) is 0 Å². The number of aromatic amines is 1. The Hall–Kier alpha value is -1.16. The maximum atomic E-state index is 10.7. The number of H-pyrrole nitrogens is 1. The van der Waals surface area contributed by atoms with Gasteiger partial charge in [0.25, 0.3) is 5.56 Å². The van der Waals surface area contributed by atoms with E-state index in [2.05, 4.69) is 10.2 Å². The molecule has 1 aromatic rings. The van der Waals surface area contributed by atoms with E-state index < -0.39 is 0 Å². The smallest absolute Gasteiger partial charge is 0.264 e. The molecule has 0 fully saturated rings. The third-order valence-corrected chi connectivity index (χ3v) is 1.19. The van der Waals surface area contributed by atoms with Crippen molar-refractivity contribution in [3.8, 4) is 0 Å². The zero-order chi connectivity index (χ0) is 8.10. The van der Waals surface area contributed by atoms with E-state index in [-0.39, 0.29) is 5.56 Å². The van der Waals surface area contributed by atoms with Gasteiger partial charge in [0.1, 0.15) is 0 Å². The van der Waals surface area contributed by atoms with Crippen molar-refractivity contribution in [2.75, 3.05) is 6.61 Å². The molecule has 4 heteroatoms. The molecule has 0 bridgehead atoms. The normalized spacial score (nSPS) is 9.91. The van der Waals surface area contributed by atoms with Crippen LogP contribution in [0.5, 0.6) is 0 Å². The number of rotatable bonds is 3. The molecular formula is C7H10N2O2. The van der Waals surface area contributed by atoms with E-state index in [0.717, 1.165) is 5.56 Å². The lowest BCUT2D eigenvalue weighted by molar-refractivity contribution is 0.133. The molecule has 0 spiro atoms. The topological polar surface area (TPSA) is 55.0 Å². The number of hydrogen-bond acceptors (Lipinski definition) is 3. The molecular weight excluding hydrogens is 144 g/mol. The minimum Gasteiger partial charge on any atom is -0.377 e. The largest absolute Gasteiger partial charge is 0.377 e. The second kappa shape index (κ2) is 3.88. The zero-order valence-electron chi connectivity index (χ0n) is 6.33. The monoisotopic (exact) mass is 154 g/mol. The molecule has 0 atom stereocenters. The molecule has 0 unspecified atom stereocenters. The summed E-state index contributed by atoms with van der Waals surface area (Å²) in [6.45, 7) is 3.00. The van der Waals surface area contributed by atoms with Crippen molar-refractivity contribution in [3.63, 3.8) is 0 Å². The van der Waals surface area contributed by atoms with Crippen LogP contribution in [-0.2, 0) is 11.3 Å². The molecule has 1 aromatic heterocycles. The van der Waals surface area contributed by atoms with Crippen molar-refractivity contribution in [1.29, 1.82) is 0 Å². The fourth-order valence-corrected chi connectivity index (χ4v) is 0.716. The minimum absolute atomic E-state index is 0.192. The summed E-state index contributed by atoms with van der Waals surface area (Å²) in [5.74, 6) is 0. The Balaban J connectivity index is 2.64. The molecule has 11 heavy (non-hydrogen) atoms. The van der Waals surface area contributed by atoms with E-state index in [1.54, 1.807) is 6.20 Å². The molecule has 1 rings (SSSR count). The second-order valence-electron chi connectivity index (χ2n) is 2.09. The van der Waals surface area contributed by atoms with Crippen LogP contribution in [0.15, 0.2) is 17.1 Å². The van der Waals surface area contributed by atoms with E-state index in [9.17, 15) is 4.79 Å². The summed E-state index contributed by atoms with van der Waals surface area (Å²) in [6, 6.07) is 1.47. The van der Waals surface area contributed by atoms with Crippen LogP contribution < -0.4 is 5.56 Å². The van der Waals surface area contributed by atoms with Crippen molar-refractivity contribution in [3.05, 3.63) is 28.2 Å².